The number of alkyl halides is 6. The van der Waals surface area contributed by atoms with Crippen LogP contribution in [0, 0.1) is 13.8 Å². The molecule has 3 aromatic rings. The summed E-state index contributed by atoms with van der Waals surface area (Å²) < 4.78 is 91.8. The van der Waals surface area contributed by atoms with Crippen LogP contribution in [0.2, 0.25) is 0 Å². The first-order chi connectivity index (χ1) is 19.2. The number of ether oxygens (including phenoxy) is 1. The Bertz CT molecular complexity index is 1440. The number of carbonyl (C=O) groups excluding carboxylic acids is 2. The van der Waals surface area contributed by atoms with Gasteiger partial charge in [-0.15, -0.1) is 0 Å². The van der Waals surface area contributed by atoms with Crippen LogP contribution in [0.25, 0.3) is 5.57 Å². The maximum absolute atomic E-state index is 14.8. The zero-order chi connectivity index (χ0) is 30.0. The van der Waals surface area contributed by atoms with Gasteiger partial charge in [-0.3, -0.25) is 9.59 Å². The standard InChI is InChI=1S/C28H25F6N3O4/c1-16-4-6-18(7-5-16)21-14-26(28(32,33)34,19-8-10-20(11-9-19)40-13-3-12-27(29,30)31)37-24(38)22(21)36-25(39)23-17(2)15-35-41-23/h4-11,15H,3,12-14H2,1-2H3,(H,36,39)(H,37,38). The molecule has 1 aliphatic rings. The lowest BCUT2D eigenvalue weighted by Crippen LogP contribution is -2.60. The number of carbonyl (C=O) groups is 2. The van der Waals surface area contributed by atoms with E-state index in [0.29, 0.717) is 5.56 Å². The Kier molecular flexibility index (Phi) is 8.18. The molecule has 1 atom stereocenters. The molecule has 2 N–H and O–H groups in total. The minimum atomic E-state index is -5.00. The minimum absolute atomic E-state index is 0.0657. The van der Waals surface area contributed by atoms with E-state index in [-0.39, 0.29) is 46.9 Å². The van der Waals surface area contributed by atoms with Gasteiger partial charge in [0.25, 0.3) is 11.8 Å². The second-order valence-electron chi connectivity index (χ2n) is 9.64. The van der Waals surface area contributed by atoms with E-state index in [1.54, 1.807) is 38.1 Å². The molecule has 2 heterocycles. The first-order valence-corrected chi connectivity index (χ1v) is 12.4. The van der Waals surface area contributed by atoms with Gasteiger partial charge < -0.3 is 19.9 Å². The van der Waals surface area contributed by atoms with Gasteiger partial charge in [0, 0.05) is 18.4 Å². The quantitative estimate of drug-likeness (QED) is 0.247. The van der Waals surface area contributed by atoms with E-state index in [2.05, 4.69) is 15.8 Å². The van der Waals surface area contributed by atoms with Crippen LogP contribution < -0.4 is 15.4 Å². The van der Waals surface area contributed by atoms with Gasteiger partial charge in [0.1, 0.15) is 11.4 Å². The molecule has 0 fully saturated rings. The molecule has 2 aromatic carbocycles. The monoisotopic (exact) mass is 581 g/mol. The number of nitrogens with one attached hydrogen (secondary N) is 2. The van der Waals surface area contributed by atoms with Crippen LogP contribution in [0.1, 0.15) is 52.1 Å². The Morgan fingerprint density at radius 3 is 2.27 bits per heavy atom. The molecule has 0 saturated carbocycles. The Hall–Kier alpha value is -4.29. The number of aromatic nitrogens is 1. The number of aryl methyl sites for hydroxylation is 2. The molecule has 2 amide bonds. The average molecular weight is 582 g/mol. The van der Waals surface area contributed by atoms with Crippen LogP contribution in [0.3, 0.4) is 0 Å². The topological polar surface area (TPSA) is 93.5 Å². The van der Waals surface area contributed by atoms with Crippen LogP contribution in [0.5, 0.6) is 5.75 Å². The number of benzene rings is 2. The lowest BCUT2D eigenvalue weighted by Gasteiger charge is -2.41. The van der Waals surface area contributed by atoms with Crippen LogP contribution in [-0.2, 0) is 10.3 Å². The fraction of sp³-hybridized carbons (Fsp3) is 0.321. The third kappa shape index (κ3) is 6.55. The maximum Gasteiger partial charge on any atom is 0.416 e. The lowest BCUT2D eigenvalue weighted by atomic mass is 9.77. The number of amides is 2. The number of hydrogen-bond acceptors (Lipinski definition) is 5. The number of nitrogens with zero attached hydrogens (tertiary/aromatic N) is 1. The molecule has 0 bridgehead atoms. The summed E-state index contributed by atoms with van der Waals surface area (Å²) in [6.45, 7) is 3.04. The van der Waals surface area contributed by atoms with E-state index in [1.807, 2.05) is 0 Å². The molecule has 218 valence electrons. The van der Waals surface area contributed by atoms with Crippen LogP contribution in [-0.4, -0.2) is 35.9 Å². The van der Waals surface area contributed by atoms with Crippen molar-refractivity contribution in [2.45, 2.75) is 51.0 Å². The molecule has 7 nitrogen and oxygen atoms in total. The highest BCUT2D eigenvalue weighted by molar-refractivity contribution is 6.08. The van der Waals surface area contributed by atoms with E-state index < -0.39 is 42.5 Å². The second-order valence-corrected chi connectivity index (χ2v) is 9.64. The van der Waals surface area contributed by atoms with Crippen molar-refractivity contribution >= 4 is 17.4 Å². The van der Waals surface area contributed by atoms with Crippen LogP contribution >= 0.6 is 0 Å². The van der Waals surface area contributed by atoms with Crippen molar-refractivity contribution in [1.82, 2.24) is 15.8 Å². The van der Waals surface area contributed by atoms with Crippen molar-refractivity contribution < 1.29 is 45.2 Å². The maximum atomic E-state index is 14.8. The summed E-state index contributed by atoms with van der Waals surface area (Å²) >= 11 is 0. The third-order valence-electron chi connectivity index (χ3n) is 6.60. The van der Waals surface area contributed by atoms with Crippen molar-refractivity contribution in [3.8, 4) is 5.75 Å². The second kappa shape index (κ2) is 11.3. The smallest absolute Gasteiger partial charge is 0.416 e. The van der Waals surface area contributed by atoms with Gasteiger partial charge in [0.15, 0.2) is 5.54 Å². The largest absolute Gasteiger partial charge is 0.494 e. The van der Waals surface area contributed by atoms with Gasteiger partial charge in [-0.25, -0.2) is 0 Å². The molecule has 0 aliphatic carbocycles. The summed E-state index contributed by atoms with van der Waals surface area (Å²) in [5.74, 6) is -2.17. The lowest BCUT2D eigenvalue weighted by molar-refractivity contribution is -0.201. The first-order valence-electron chi connectivity index (χ1n) is 12.4. The Morgan fingerprint density at radius 2 is 1.71 bits per heavy atom. The van der Waals surface area contributed by atoms with Crippen molar-refractivity contribution in [2.24, 2.45) is 0 Å². The molecule has 0 spiro atoms. The summed E-state index contributed by atoms with van der Waals surface area (Å²) in [6.07, 6.45) is -10.2. The van der Waals surface area contributed by atoms with Crippen LogP contribution in [0.4, 0.5) is 26.3 Å². The summed E-state index contributed by atoms with van der Waals surface area (Å²) in [4.78, 5) is 26.2. The number of hydrogen-bond donors (Lipinski definition) is 2. The van der Waals surface area contributed by atoms with Crippen molar-refractivity contribution in [3.05, 3.63) is 88.4 Å². The summed E-state index contributed by atoms with van der Waals surface area (Å²) in [5, 5.41) is 7.96. The first kappa shape index (κ1) is 29.7. The summed E-state index contributed by atoms with van der Waals surface area (Å²) in [5.41, 5.74) is -2.19. The van der Waals surface area contributed by atoms with Crippen molar-refractivity contribution in [3.63, 3.8) is 0 Å². The molecule has 13 heteroatoms. The van der Waals surface area contributed by atoms with Gasteiger partial charge in [-0.05, 0) is 49.1 Å². The fourth-order valence-electron chi connectivity index (χ4n) is 4.41. The Balaban J connectivity index is 1.71. The Labute approximate surface area is 230 Å². The number of halogens is 6. The minimum Gasteiger partial charge on any atom is -0.494 e. The molecule has 1 aromatic heterocycles. The fourth-order valence-corrected chi connectivity index (χ4v) is 4.41. The molecular weight excluding hydrogens is 556 g/mol. The molecule has 41 heavy (non-hydrogen) atoms. The highest BCUT2D eigenvalue weighted by atomic mass is 19.4. The van der Waals surface area contributed by atoms with E-state index >= 15 is 0 Å². The molecule has 1 aliphatic heterocycles. The van der Waals surface area contributed by atoms with Gasteiger partial charge in [-0.1, -0.05) is 47.1 Å². The molecule has 0 radical (unpaired) electrons. The molecule has 4 rings (SSSR count). The van der Waals surface area contributed by atoms with E-state index in [0.717, 1.165) is 17.7 Å². The van der Waals surface area contributed by atoms with Crippen molar-refractivity contribution in [1.29, 1.82) is 0 Å². The van der Waals surface area contributed by atoms with Gasteiger partial charge >= 0.3 is 12.4 Å². The highest BCUT2D eigenvalue weighted by Gasteiger charge is 2.59. The normalized spacial score (nSPS) is 17.8. The predicted molar refractivity (Wildman–Crippen MR) is 135 cm³/mol. The summed E-state index contributed by atoms with van der Waals surface area (Å²) in [7, 11) is 0. The average Bonchev–Trinajstić information content (AvgIpc) is 3.33. The highest BCUT2D eigenvalue weighted by Crippen LogP contribution is 2.48. The van der Waals surface area contributed by atoms with Gasteiger partial charge in [0.2, 0.25) is 5.76 Å². The zero-order valence-corrected chi connectivity index (χ0v) is 21.9. The SMILES string of the molecule is Cc1ccc(C2=C(NC(=O)c3oncc3C)C(=O)NC(c3ccc(OCCCC(F)(F)F)cc3)(C(F)(F)F)C2)cc1. The van der Waals surface area contributed by atoms with Gasteiger partial charge in [0.05, 0.1) is 12.8 Å². The number of rotatable bonds is 8. The molecule has 1 unspecified atom stereocenters. The third-order valence-corrected chi connectivity index (χ3v) is 6.60. The Morgan fingerprint density at radius 1 is 1.05 bits per heavy atom. The van der Waals surface area contributed by atoms with E-state index in [4.69, 9.17) is 9.26 Å². The van der Waals surface area contributed by atoms with E-state index in [1.165, 1.54) is 18.3 Å². The molecular formula is C28H25F6N3O4. The van der Waals surface area contributed by atoms with Crippen molar-refractivity contribution in [2.75, 3.05) is 6.61 Å². The zero-order valence-electron chi connectivity index (χ0n) is 21.9. The van der Waals surface area contributed by atoms with Gasteiger partial charge in [-0.2, -0.15) is 26.3 Å². The van der Waals surface area contributed by atoms with Crippen LogP contribution in [0.15, 0.2) is 64.9 Å². The predicted octanol–water partition coefficient (Wildman–Crippen LogP) is 6.13. The summed E-state index contributed by atoms with van der Waals surface area (Å²) in [6, 6.07) is 11.0. The molecule has 0 saturated heterocycles. The van der Waals surface area contributed by atoms with E-state index in [9.17, 15) is 35.9 Å².